The van der Waals surface area contributed by atoms with Crippen LogP contribution in [0.4, 0.5) is 0 Å². The van der Waals surface area contributed by atoms with Gasteiger partial charge >= 0.3 is 0 Å². The molecule has 1 aliphatic rings. The highest BCUT2D eigenvalue weighted by molar-refractivity contribution is 5.25. The molecule has 0 bridgehead atoms. The van der Waals surface area contributed by atoms with Crippen LogP contribution in [-0.4, -0.2) is 15.1 Å². The van der Waals surface area contributed by atoms with E-state index in [1.165, 1.54) is 0 Å². The second kappa shape index (κ2) is 2.35. The third-order valence-electron chi connectivity index (χ3n) is 3.38. The van der Waals surface area contributed by atoms with Gasteiger partial charge in [-0.25, -0.2) is 4.98 Å². The highest BCUT2D eigenvalue weighted by Crippen LogP contribution is 2.48. The third-order valence-corrected chi connectivity index (χ3v) is 3.38. The number of hydrogen-bond acceptors (Lipinski definition) is 2. The minimum Gasteiger partial charge on any atom is -0.340 e. The van der Waals surface area contributed by atoms with Crippen LogP contribution in [0.5, 0.6) is 0 Å². The van der Waals surface area contributed by atoms with E-state index in [0.29, 0.717) is 0 Å². The molecule has 0 spiro atoms. The van der Waals surface area contributed by atoms with Gasteiger partial charge in [-0.3, -0.25) is 0 Å². The smallest absolute Gasteiger partial charge is 0.0947 e. The first kappa shape index (κ1) is 8.75. The number of hydrogen-bond donors (Lipinski definition) is 1. The van der Waals surface area contributed by atoms with E-state index in [4.69, 9.17) is 5.73 Å². The number of nitrogens with zero attached hydrogens (tertiary/aromatic N) is 2. The third kappa shape index (κ3) is 1.18. The molecule has 3 heteroatoms. The molecule has 1 aromatic heterocycles. The summed E-state index contributed by atoms with van der Waals surface area (Å²) in [7, 11) is 1.99. The van der Waals surface area contributed by atoms with Crippen molar-refractivity contribution in [3.8, 4) is 0 Å². The summed E-state index contributed by atoms with van der Waals surface area (Å²) in [4.78, 5) is 4.38. The van der Waals surface area contributed by atoms with Crippen LogP contribution < -0.4 is 5.73 Å². The minimum atomic E-state index is -0.0125. The summed E-state index contributed by atoms with van der Waals surface area (Å²) < 4.78 is 1.98. The molecule has 1 aromatic rings. The van der Waals surface area contributed by atoms with Crippen molar-refractivity contribution >= 4 is 0 Å². The van der Waals surface area contributed by atoms with Crippen LogP contribution in [0.1, 0.15) is 32.4 Å². The van der Waals surface area contributed by atoms with Gasteiger partial charge in [0.05, 0.1) is 12.0 Å². The summed E-state index contributed by atoms with van der Waals surface area (Å²) in [6.45, 7) is 4.37. The Kier molecular flexibility index (Phi) is 1.58. The fraction of sp³-hybridized carbons (Fsp3) is 0.700. The van der Waals surface area contributed by atoms with Gasteiger partial charge in [0.25, 0.3) is 0 Å². The second-order valence-electron chi connectivity index (χ2n) is 4.71. The van der Waals surface area contributed by atoms with Crippen molar-refractivity contribution in [1.29, 1.82) is 0 Å². The van der Waals surface area contributed by atoms with Gasteiger partial charge in [0, 0.05) is 24.2 Å². The molecule has 0 aromatic carbocycles. The lowest BCUT2D eigenvalue weighted by atomic mass is 9.80. The monoisotopic (exact) mass is 179 g/mol. The van der Waals surface area contributed by atoms with Crippen molar-refractivity contribution in [1.82, 2.24) is 9.55 Å². The van der Waals surface area contributed by atoms with Gasteiger partial charge in [0.15, 0.2) is 0 Å². The van der Waals surface area contributed by atoms with E-state index in [-0.39, 0.29) is 11.0 Å². The Balaban J connectivity index is 2.34. The van der Waals surface area contributed by atoms with E-state index < -0.39 is 0 Å². The van der Waals surface area contributed by atoms with E-state index in [1.807, 2.05) is 17.9 Å². The molecular weight excluding hydrogens is 162 g/mol. The summed E-state index contributed by atoms with van der Waals surface area (Å²) in [6, 6.07) is 0. The lowest BCUT2D eigenvalue weighted by Gasteiger charge is -2.29. The quantitative estimate of drug-likeness (QED) is 0.741. The first-order valence-corrected chi connectivity index (χ1v) is 4.73. The van der Waals surface area contributed by atoms with Gasteiger partial charge in [-0.2, -0.15) is 0 Å². The Morgan fingerprint density at radius 2 is 2.15 bits per heavy atom. The van der Waals surface area contributed by atoms with Gasteiger partial charge in [-0.05, 0) is 12.8 Å². The second-order valence-corrected chi connectivity index (χ2v) is 4.71. The van der Waals surface area contributed by atoms with Crippen molar-refractivity contribution in [3.05, 3.63) is 18.2 Å². The minimum absolute atomic E-state index is 0.00819. The molecule has 1 fully saturated rings. The lowest BCUT2D eigenvalue weighted by Crippen LogP contribution is -2.43. The topological polar surface area (TPSA) is 43.8 Å². The Hall–Kier alpha value is -0.830. The molecular formula is C10H17N3. The van der Waals surface area contributed by atoms with E-state index in [9.17, 15) is 0 Å². The Labute approximate surface area is 79.0 Å². The molecule has 13 heavy (non-hydrogen) atoms. The summed E-state index contributed by atoms with van der Waals surface area (Å²) in [5.74, 6) is 0. The molecule has 2 rings (SSSR count). The van der Waals surface area contributed by atoms with Crippen molar-refractivity contribution in [2.45, 2.75) is 37.6 Å². The van der Waals surface area contributed by atoms with E-state index in [2.05, 4.69) is 25.0 Å². The zero-order valence-electron chi connectivity index (χ0n) is 8.54. The van der Waals surface area contributed by atoms with Crippen LogP contribution in [0.15, 0.2) is 12.5 Å². The van der Waals surface area contributed by atoms with Gasteiger partial charge < -0.3 is 10.3 Å². The number of aromatic nitrogens is 2. The number of rotatable bonds is 2. The van der Waals surface area contributed by atoms with E-state index in [0.717, 1.165) is 18.5 Å². The molecule has 0 unspecified atom stereocenters. The zero-order valence-corrected chi connectivity index (χ0v) is 8.54. The lowest BCUT2D eigenvalue weighted by molar-refractivity contribution is 0.382. The molecule has 0 aliphatic heterocycles. The highest BCUT2D eigenvalue weighted by atomic mass is 15.0. The normalized spacial score (nSPS) is 20.3. The summed E-state index contributed by atoms with van der Waals surface area (Å²) >= 11 is 0. The highest BCUT2D eigenvalue weighted by Gasteiger charge is 2.52. The molecule has 1 heterocycles. The first-order chi connectivity index (χ1) is 5.96. The number of imidazole rings is 1. The number of nitrogens with two attached hydrogens (primary N) is 1. The van der Waals surface area contributed by atoms with Crippen LogP contribution in [-0.2, 0) is 12.5 Å². The summed E-state index contributed by atoms with van der Waals surface area (Å²) in [5.41, 5.74) is 7.32. The Bertz CT molecular complexity index is 321. The maximum atomic E-state index is 6.22. The van der Waals surface area contributed by atoms with Crippen LogP contribution >= 0.6 is 0 Å². The largest absolute Gasteiger partial charge is 0.340 e. The maximum Gasteiger partial charge on any atom is 0.0947 e. The van der Waals surface area contributed by atoms with E-state index >= 15 is 0 Å². The maximum absolute atomic E-state index is 6.22. The fourth-order valence-corrected chi connectivity index (χ4v) is 1.75. The van der Waals surface area contributed by atoms with Crippen LogP contribution in [0, 0.1) is 0 Å². The fourth-order valence-electron chi connectivity index (χ4n) is 1.75. The molecule has 0 saturated heterocycles. The summed E-state index contributed by atoms with van der Waals surface area (Å²) in [5, 5.41) is 0. The predicted octanol–water partition coefficient (Wildman–Crippen LogP) is 1.19. The van der Waals surface area contributed by atoms with Crippen LogP contribution in [0.3, 0.4) is 0 Å². The summed E-state index contributed by atoms with van der Waals surface area (Å²) in [6.07, 6.45) is 6.14. The predicted molar refractivity (Wildman–Crippen MR) is 52.4 cm³/mol. The van der Waals surface area contributed by atoms with E-state index in [1.54, 1.807) is 0 Å². The van der Waals surface area contributed by atoms with Crippen LogP contribution in [0.2, 0.25) is 0 Å². The van der Waals surface area contributed by atoms with Gasteiger partial charge in [-0.15, -0.1) is 0 Å². The average molecular weight is 179 g/mol. The molecule has 72 valence electrons. The molecule has 1 aliphatic carbocycles. The van der Waals surface area contributed by atoms with Gasteiger partial charge in [0.1, 0.15) is 0 Å². The molecule has 0 atom stereocenters. The zero-order chi connectivity index (χ0) is 9.69. The number of aryl methyl sites for hydroxylation is 1. The van der Waals surface area contributed by atoms with Crippen molar-refractivity contribution < 1.29 is 0 Å². The van der Waals surface area contributed by atoms with Gasteiger partial charge in [-0.1, -0.05) is 13.8 Å². The SMILES string of the molecule is Cn1cnc(C(C)(C)C2(N)CC2)c1. The average Bonchev–Trinajstić information content (AvgIpc) is 2.63. The molecule has 0 amide bonds. The molecule has 2 N–H and O–H groups in total. The first-order valence-electron chi connectivity index (χ1n) is 4.73. The molecule has 1 saturated carbocycles. The standard InChI is InChI=1S/C10H17N3/c1-9(2,10(11)4-5-10)8-6-13(3)7-12-8/h6-7H,4-5,11H2,1-3H3. The van der Waals surface area contributed by atoms with Crippen molar-refractivity contribution in [3.63, 3.8) is 0 Å². The Morgan fingerprint density at radius 1 is 1.54 bits per heavy atom. The van der Waals surface area contributed by atoms with Gasteiger partial charge in [0.2, 0.25) is 0 Å². The Morgan fingerprint density at radius 3 is 2.54 bits per heavy atom. The molecule has 3 nitrogen and oxygen atoms in total. The van der Waals surface area contributed by atoms with Crippen molar-refractivity contribution in [2.24, 2.45) is 12.8 Å². The molecule has 0 radical (unpaired) electrons. The van der Waals surface area contributed by atoms with Crippen LogP contribution in [0.25, 0.3) is 0 Å². The van der Waals surface area contributed by atoms with Crippen molar-refractivity contribution in [2.75, 3.05) is 0 Å².